The number of halogens is 5. The van der Waals surface area contributed by atoms with Crippen molar-refractivity contribution in [3.05, 3.63) is 47.5 Å². The Bertz CT molecular complexity index is 500. The summed E-state index contributed by atoms with van der Waals surface area (Å²) in [5, 5.41) is 7.12. The number of nitrogens with two attached hydrogens (primary N) is 1. The minimum atomic E-state index is -5.08. The second-order valence-electron chi connectivity index (χ2n) is 3.97. The molecule has 0 spiro atoms. The second-order valence-corrected chi connectivity index (χ2v) is 3.97. The molecule has 1 unspecified atom stereocenters. The van der Waals surface area contributed by atoms with Crippen LogP contribution in [0.25, 0.3) is 0 Å². The summed E-state index contributed by atoms with van der Waals surface area (Å²) in [7, 11) is 0. The van der Waals surface area contributed by atoms with Gasteiger partial charge in [-0.2, -0.15) is 13.2 Å². The van der Waals surface area contributed by atoms with Crippen LogP contribution >= 0.6 is 0 Å². The van der Waals surface area contributed by atoms with Crippen molar-refractivity contribution in [3.8, 4) is 0 Å². The number of carboxylic acid groups (broad SMARTS) is 1. The van der Waals surface area contributed by atoms with E-state index in [-0.39, 0.29) is 18.3 Å². The summed E-state index contributed by atoms with van der Waals surface area (Å²) < 4.78 is 56.9. The Hall–Kier alpha value is -1.96. The highest BCUT2D eigenvalue weighted by molar-refractivity contribution is 5.73. The van der Waals surface area contributed by atoms with Crippen molar-refractivity contribution in [1.29, 1.82) is 0 Å². The molecule has 0 fully saturated rings. The monoisotopic (exact) mass is 311 g/mol. The molecule has 118 valence electrons. The maximum Gasteiger partial charge on any atom is 0.490 e. The lowest BCUT2D eigenvalue weighted by molar-refractivity contribution is -0.192. The minimum absolute atomic E-state index is 0.147. The van der Waals surface area contributed by atoms with Gasteiger partial charge < -0.3 is 10.8 Å². The highest BCUT2D eigenvalue weighted by Crippen LogP contribution is 2.23. The molecule has 3 nitrogen and oxygen atoms in total. The van der Waals surface area contributed by atoms with E-state index in [9.17, 15) is 22.0 Å². The number of aliphatic carboxylic acids is 1. The van der Waals surface area contributed by atoms with E-state index in [4.69, 9.17) is 15.6 Å². The first-order chi connectivity index (χ1) is 9.63. The minimum Gasteiger partial charge on any atom is -0.475 e. The summed E-state index contributed by atoms with van der Waals surface area (Å²) in [6.07, 6.45) is -4.59. The van der Waals surface area contributed by atoms with E-state index in [1.165, 1.54) is 12.1 Å². The van der Waals surface area contributed by atoms with E-state index in [0.29, 0.717) is 11.9 Å². The Kier molecular flexibility index (Phi) is 7.57. The number of hydrogen-bond donors (Lipinski definition) is 2. The van der Waals surface area contributed by atoms with Crippen LogP contribution in [-0.2, 0) is 4.79 Å². The van der Waals surface area contributed by atoms with Gasteiger partial charge in [0.05, 0.1) is 6.33 Å². The molecule has 3 N–H and O–H groups in total. The fourth-order valence-corrected chi connectivity index (χ4v) is 1.31. The largest absolute Gasteiger partial charge is 0.490 e. The number of carboxylic acids is 1. The van der Waals surface area contributed by atoms with Gasteiger partial charge >= 0.3 is 12.1 Å². The molecule has 0 aliphatic carbocycles. The van der Waals surface area contributed by atoms with Crippen molar-refractivity contribution in [2.24, 2.45) is 5.73 Å². The van der Waals surface area contributed by atoms with Crippen molar-refractivity contribution in [3.63, 3.8) is 0 Å². The Labute approximate surface area is 117 Å². The highest BCUT2D eigenvalue weighted by atomic mass is 19.4. The fraction of sp³-hybridized carbons (Fsp3) is 0.308. The van der Waals surface area contributed by atoms with Crippen LogP contribution in [0.5, 0.6) is 0 Å². The van der Waals surface area contributed by atoms with E-state index in [1.54, 1.807) is 19.1 Å². The quantitative estimate of drug-likeness (QED) is 0.841. The first-order valence-corrected chi connectivity index (χ1v) is 5.68. The third-order valence-corrected chi connectivity index (χ3v) is 2.52. The zero-order chi connectivity index (χ0) is 16.6. The molecule has 21 heavy (non-hydrogen) atoms. The van der Waals surface area contributed by atoms with E-state index in [0.717, 1.165) is 5.56 Å². The van der Waals surface area contributed by atoms with E-state index in [2.05, 4.69) is 0 Å². The summed E-state index contributed by atoms with van der Waals surface area (Å²) in [6, 6.07) is 6.11. The van der Waals surface area contributed by atoms with Gasteiger partial charge in [-0.1, -0.05) is 19.1 Å². The summed E-state index contributed by atoms with van der Waals surface area (Å²) in [4.78, 5) is 8.90. The molecule has 0 heterocycles. The normalized spacial score (nSPS) is 13.2. The molecule has 0 aliphatic rings. The summed E-state index contributed by atoms with van der Waals surface area (Å²) >= 11 is 0. The van der Waals surface area contributed by atoms with Gasteiger partial charge in [-0.15, -0.1) is 0 Å². The number of alkyl halides is 3. The molecule has 0 aliphatic heterocycles. The molecule has 0 saturated carbocycles. The first kappa shape index (κ1) is 19.0. The molecule has 0 radical (unpaired) electrons. The predicted molar refractivity (Wildman–Crippen MR) is 66.8 cm³/mol. The third-order valence-electron chi connectivity index (χ3n) is 2.52. The average molecular weight is 311 g/mol. The lowest BCUT2D eigenvalue weighted by Crippen LogP contribution is -2.21. The zero-order valence-electron chi connectivity index (χ0n) is 11.0. The van der Waals surface area contributed by atoms with E-state index < -0.39 is 12.1 Å². The van der Waals surface area contributed by atoms with Crippen LogP contribution < -0.4 is 5.73 Å². The van der Waals surface area contributed by atoms with E-state index >= 15 is 0 Å². The number of benzene rings is 1. The Balaban J connectivity index is 0.000000486. The fourth-order valence-electron chi connectivity index (χ4n) is 1.31. The van der Waals surface area contributed by atoms with Crippen molar-refractivity contribution in [1.82, 2.24) is 0 Å². The number of hydrogen-bond acceptors (Lipinski definition) is 2. The first-order valence-electron chi connectivity index (χ1n) is 5.68. The van der Waals surface area contributed by atoms with Crippen LogP contribution in [0.15, 0.2) is 36.2 Å². The lowest BCUT2D eigenvalue weighted by Gasteiger charge is -2.13. The van der Waals surface area contributed by atoms with Crippen molar-refractivity contribution >= 4 is 5.97 Å². The van der Waals surface area contributed by atoms with Gasteiger partial charge in [0.2, 0.25) is 0 Å². The molecule has 0 amide bonds. The van der Waals surface area contributed by atoms with Gasteiger partial charge in [-0.3, -0.25) is 0 Å². The topological polar surface area (TPSA) is 63.3 Å². The maximum absolute atomic E-state index is 12.9. The Morgan fingerprint density at radius 1 is 1.43 bits per heavy atom. The van der Waals surface area contributed by atoms with Crippen LogP contribution in [0.1, 0.15) is 18.4 Å². The second kappa shape index (κ2) is 8.35. The Morgan fingerprint density at radius 2 is 1.95 bits per heavy atom. The van der Waals surface area contributed by atoms with Crippen molar-refractivity contribution in [2.75, 3.05) is 6.54 Å². The summed E-state index contributed by atoms with van der Waals surface area (Å²) in [5.41, 5.74) is 6.56. The maximum atomic E-state index is 12.9. The van der Waals surface area contributed by atoms with Crippen molar-refractivity contribution < 1.29 is 31.9 Å². The van der Waals surface area contributed by atoms with Gasteiger partial charge in [-0.05, 0) is 23.3 Å². The highest BCUT2D eigenvalue weighted by Gasteiger charge is 2.38. The van der Waals surface area contributed by atoms with E-state index in [1.807, 2.05) is 0 Å². The zero-order valence-corrected chi connectivity index (χ0v) is 11.0. The molecular weight excluding hydrogens is 297 g/mol. The molecule has 8 heteroatoms. The smallest absolute Gasteiger partial charge is 0.475 e. The SMILES string of the molecule is CC(/C(=C/F)CN)c1cccc(F)c1.O=C(O)C(F)(F)F. The van der Waals surface area contributed by atoms with Gasteiger partial charge in [0, 0.05) is 12.5 Å². The van der Waals surface area contributed by atoms with Crippen LogP contribution in [0.4, 0.5) is 22.0 Å². The molecular formula is C13H14F5NO2. The number of carbonyl (C=O) groups is 1. The average Bonchev–Trinajstić information content (AvgIpc) is 2.39. The predicted octanol–water partition coefficient (Wildman–Crippen LogP) is 3.37. The van der Waals surface area contributed by atoms with Gasteiger partial charge in [0.1, 0.15) is 5.82 Å². The molecule has 0 saturated heterocycles. The van der Waals surface area contributed by atoms with Crippen LogP contribution in [0.3, 0.4) is 0 Å². The number of rotatable bonds is 3. The molecule has 1 rings (SSSR count). The molecule has 1 aromatic carbocycles. The van der Waals surface area contributed by atoms with Crippen LogP contribution in [0, 0.1) is 5.82 Å². The lowest BCUT2D eigenvalue weighted by atomic mass is 9.94. The van der Waals surface area contributed by atoms with Crippen molar-refractivity contribution in [2.45, 2.75) is 19.0 Å². The van der Waals surface area contributed by atoms with Gasteiger partial charge in [0.15, 0.2) is 0 Å². The Morgan fingerprint density at radius 3 is 2.29 bits per heavy atom. The van der Waals surface area contributed by atoms with Crippen LogP contribution in [0.2, 0.25) is 0 Å². The summed E-state index contributed by atoms with van der Waals surface area (Å²) in [5.74, 6) is -3.25. The van der Waals surface area contributed by atoms with Gasteiger partial charge in [-0.25, -0.2) is 13.6 Å². The molecule has 1 aromatic rings. The molecule has 1 atom stereocenters. The summed E-state index contributed by atoms with van der Waals surface area (Å²) in [6.45, 7) is 1.95. The standard InChI is InChI=1S/C11H13F2N.C2HF3O2/c1-8(10(6-12)7-14)9-3-2-4-11(13)5-9;3-2(4,5)1(6)7/h2-6,8H,7,14H2,1H3;(H,6,7)/b10-6+;. The van der Waals surface area contributed by atoms with Crippen LogP contribution in [-0.4, -0.2) is 23.8 Å². The molecule has 0 aromatic heterocycles. The molecule has 0 bridgehead atoms. The third kappa shape index (κ3) is 6.84. The van der Waals surface area contributed by atoms with Gasteiger partial charge in [0.25, 0.3) is 0 Å².